The molecule has 0 unspecified atom stereocenters. The maximum atomic E-state index is 5.07. The average molecular weight is 649 g/mol. The third-order valence-electron chi connectivity index (χ3n) is 10.1. The molecule has 7 rings (SSSR count). The van der Waals surface area contributed by atoms with Crippen molar-refractivity contribution < 1.29 is 0 Å². The Morgan fingerprint density at radius 3 is 1.92 bits per heavy atom. The third-order valence-corrected chi connectivity index (χ3v) is 10.1. The average Bonchev–Trinajstić information content (AvgIpc) is 3.18. The van der Waals surface area contributed by atoms with E-state index in [2.05, 4.69) is 173 Å². The lowest BCUT2D eigenvalue weighted by atomic mass is 9.77. The highest BCUT2D eigenvalue weighted by Gasteiger charge is 2.24. The summed E-state index contributed by atoms with van der Waals surface area (Å²) in [5, 5.41) is 0. The first-order chi connectivity index (χ1) is 24.4. The van der Waals surface area contributed by atoms with Gasteiger partial charge < -0.3 is 0 Å². The van der Waals surface area contributed by atoms with Gasteiger partial charge in [-0.1, -0.05) is 172 Å². The van der Waals surface area contributed by atoms with Crippen molar-refractivity contribution in [3.63, 3.8) is 0 Å². The molecule has 2 aliphatic rings. The van der Waals surface area contributed by atoms with E-state index in [1.165, 1.54) is 44.5 Å². The topological polar surface area (TPSA) is 24.7 Å². The van der Waals surface area contributed by atoms with Crippen molar-refractivity contribution in [2.24, 2.45) is 9.98 Å². The number of amidine groups is 1. The minimum atomic E-state index is -0.166. The molecule has 0 bridgehead atoms. The maximum absolute atomic E-state index is 5.07. The lowest BCUT2D eigenvalue weighted by Gasteiger charge is -2.27. The quantitative estimate of drug-likeness (QED) is 0.118. The molecule has 0 amide bonds. The molecule has 0 spiro atoms. The van der Waals surface area contributed by atoms with Crippen LogP contribution in [0.5, 0.6) is 0 Å². The van der Waals surface area contributed by atoms with Crippen LogP contribution in [0, 0.1) is 0 Å². The minimum absolute atomic E-state index is 0.166. The molecule has 246 valence electrons. The van der Waals surface area contributed by atoms with E-state index < -0.39 is 0 Å². The Morgan fingerprint density at radius 2 is 1.22 bits per heavy atom. The van der Waals surface area contributed by atoms with Crippen molar-refractivity contribution in [1.82, 2.24) is 0 Å². The summed E-state index contributed by atoms with van der Waals surface area (Å²) in [6.45, 7) is 11.0. The predicted octanol–water partition coefficient (Wildman–Crippen LogP) is 12.2. The summed E-state index contributed by atoms with van der Waals surface area (Å²) in [7, 11) is 0. The van der Waals surface area contributed by atoms with Gasteiger partial charge >= 0.3 is 0 Å². The fourth-order valence-electron chi connectivity index (χ4n) is 6.95. The lowest BCUT2D eigenvalue weighted by Crippen LogP contribution is -2.18. The van der Waals surface area contributed by atoms with Crippen LogP contribution < -0.4 is 0 Å². The van der Waals surface area contributed by atoms with Crippen molar-refractivity contribution in [2.75, 3.05) is 0 Å². The van der Waals surface area contributed by atoms with Crippen molar-refractivity contribution in [3.8, 4) is 11.1 Å². The SMILES string of the molecule is C=C(/N=C(\N=C(/C)c1ccc(-c2ccccc2)cc1)C1=CCCC=C1)c1ccc(C(C)(C)c2ccc(C3=CCCc4ccccc43)cc2)cc1. The predicted molar refractivity (Wildman–Crippen MR) is 214 cm³/mol. The van der Waals surface area contributed by atoms with Crippen LogP contribution in [0.2, 0.25) is 0 Å². The normalized spacial score (nSPS) is 14.9. The highest BCUT2D eigenvalue weighted by atomic mass is 14.9. The van der Waals surface area contributed by atoms with Crippen molar-refractivity contribution in [3.05, 3.63) is 203 Å². The highest BCUT2D eigenvalue weighted by molar-refractivity contribution is 6.13. The Morgan fingerprint density at radius 1 is 0.600 bits per heavy atom. The molecule has 50 heavy (non-hydrogen) atoms. The summed E-state index contributed by atoms with van der Waals surface area (Å²) in [5.74, 6) is 0.691. The molecule has 5 aromatic carbocycles. The number of hydrogen-bond donors (Lipinski definition) is 0. The Kier molecular flexibility index (Phi) is 9.54. The molecule has 2 aliphatic carbocycles. The molecule has 0 saturated heterocycles. The van der Waals surface area contributed by atoms with Gasteiger partial charge in [-0.15, -0.1) is 0 Å². The van der Waals surface area contributed by atoms with Crippen LogP contribution in [-0.2, 0) is 11.8 Å². The Hall–Kier alpha value is -5.60. The van der Waals surface area contributed by atoms with Crippen LogP contribution in [0.1, 0.15) is 79.0 Å². The summed E-state index contributed by atoms with van der Waals surface area (Å²) in [6.07, 6.45) is 13.2. The van der Waals surface area contributed by atoms with Gasteiger partial charge in [-0.3, -0.25) is 0 Å². The van der Waals surface area contributed by atoms with Gasteiger partial charge in [0, 0.05) is 16.7 Å². The standard InChI is InChI=1S/C48H44N2/c1-34(36-22-24-39(25-23-36)38-14-7-5-8-15-38)49-47(42-17-9-6-10-18-42)50-35(2)37-26-30-43(31-27-37)48(3,4)44-32-28-41(29-33-44)46-21-13-19-40-16-11-12-20-45(40)46/h5,7-9,11-12,14-18,20-33H,2,6,10,13,19H2,1,3-4H3/b49-34+,50-47-. The van der Waals surface area contributed by atoms with Gasteiger partial charge in [0.05, 0.1) is 5.70 Å². The molecule has 0 fully saturated rings. The van der Waals surface area contributed by atoms with Crippen LogP contribution >= 0.6 is 0 Å². The molecule has 2 heteroatoms. The first-order valence-electron chi connectivity index (χ1n) is 17.7. The third kappa shape index (κ3) is 7.07. The second-order valence-electron chi connectivity index (χ2n) is 13.8. The first-order valence-corrected chi connectivity index (χ1v) is 17.7. The fourth-order valence-corrected chi connectivity index (χ4v) is 6.95. The van der Waals surface area contributed by atoms with Crippen LogP contribution in [0.25, 0.3) is 22.4 Å². The molecule has 2 nitrogen and oxygen atoms in total. The minimum Gasteiger partial charge on any atom is -0.233 e. The van der Waals surface area contributed by atoms with Crippen molar-refractivity contribution >= 4 is 22.8 Å². The van der Waals surface area contributed by atoms with Gasteiger partial charge in [-0.25, -0.2) is 9.98 Å². The van der Waals surface area contributed by atoms with Crippen LogP contribution in [-0.4, -0.2) is 11.5 Å². The number of rotatable bonds is 8. The van der Waals surface area contributed by atoms with E-state index in [0.717, 1.165) is 48.1 Å². The van der Waals surface area contributed by atoms with Crippen LogP contribution in [0.4, 0.5) is 0 Å². The zero-order valence-electron chi connectivity index (χ0n) is 29.4. The van der Waals surface area contributed by atoms with Gasteiger partial charge in [0.15, 0.2) is 5.84 Å². The monoisotopic (exact) mass is 648 g/mol. The van der Waals surface area contributed by atoms with Gasteiger partial charge in [-0.05, 0) is 88.3 Å². The molecule has 0 aromatic heterocycles. The Balaban J connectivity index is 1.11. The van der Waals surface area contributed by atoms with Crippen molar-refractivity contribution in [1.29, 1.82) is 0 Å². The van der Waals surface area contributed by atoms with Crippen molar-refractivity contribution in [2.45, 2.75) is 51.9 Å². The number of hydrogen-bond acceptors (Lipinski definition) is 1. The molecule has 0 heterocycles. The van der Waals surface area contributed by atoms with E-state index in [9.17, 15) is 0 Å². The van der Waals surface area contributed by atoms with Gasteiger partial charge in [0.1, 0.15) is 0 Å². The second kappa shape index (κ2) is 14.5. The van der Waals surface area contributed by atoms with E-state index >= 15 is 0 Å². The molecular weight excluding hydrogens is 605 g/mol. The molecule has 0 N–H and O–H groups in total. The van der Waals surface area contributed by atoms with E-state index in [0.29, 0.717) is 11.5 Å². The number of fused-ring (bicyclic) bond motifs is 1. The zero-order valence-corrected chi connectivity index (χ0v) is 29.4. The molecule has 0 atom stereocenters. The molecule has 0 aliphatic heterocycles. The maximum Gasteiger partial charge on any atom is 0.159 e. The van der Waals surface area contributed by atoms with Gasteiger partial charge in [0.25, 0.3) is 0 Å². The van der Waals surface area contributed by atoms with E-state index in [1.807, 2.05) is 6.07 Å². The zero-order chi connectivity index (χ0) is 34.5. The van der Waals surface area contributed by atoms with Gasteiger partial charge in [0.2, 0.25) is 0 Å². The largest absolute Gasteiger partial charge is 0.233 e. The number of allylic oxidation sites excluding steroid dienone is 3. The van der Waals surface area contributed by atoms with Crippen LogP contribution in [0.3, 0.4) is 0 Å². The Bertz CT molecular complexity index is 2150. The molecule has 0 saturated carbocycles. The fraction of sp³-hybridized carbons (Fsp3) is 0.167. The molecular formula is C48H44N2. The lowest BCUT2D eigenvalue weighted by molar-refractivity contribution is 0.640. The summed E-state index contributed by atoms with van der Waals surface area (Å²) < 4.78 is 0. The second-order valence-corrected chi connectivity index (χ2v) is 13.8. The number of benzene rings is 5. The Labute approximate surface area is 297 Å². The smallest absolute Gasteiger partial charge is 0.159 e. The summed E-state index contributed by atoms with van der Waals surface area (Å²) in [4.78, 5) is 10.1. The number of aliphatic imine (C=N–C) groups is 2. The summed E-state index contributed by atoms with van der Waals surface area (Å²) in [5.41, 5.74) is 14.9. The summed E-state index contributed by atoms with van der Waals surface area (Å²) >= 11 is 0. The highest BCUT2D eigenvalue weighted by Crippen LogP contribution is 2.36. The van der Waals surface area contributed by atoms with Gasteiger partial charge in [-0.2, -0.15) is 0 Å². The number of nitrogens with zero attached hydrogens (tertiary/aromatic N) is 2. The first kappa shape index (κ1) is 32.9. The van der Waals surface area contributed by atoms with E-state index in [-0.39, 0.29) is 5.41 Å². The molecule has 5 aromatic rings. The van der Waals surface area contributed by atoms with E-state index in [1.54, 1.807) is 0 Å². The summed E-state index contributed by atoms with van der Waals surface area (Å²) in [6, 6.07) is 45.7. The number of aryl methyl sites for hydroxylation is 1. The molecule has 0 radical (unpaired) electrons. The van der Waals surface area contributed by atoms with E-state index in [4.69, 9.17) is 9.98 Å². The van der Waals surface area contributed by atoms with Crippen LogP contribution in [0.15, 0.2) is 174 Å².